The molecule has 1 fully saturated rings. The van der Waals surface area contributed by atoms with E-state index in [0.717, 1.165) is 38.4 Å². The maximum absolute atomic E-state index is 13.9. The summed E-state index contributed by atoms with van der Waals surface area (Å²) in [5, 5.41) is 3.49. The minimum Gasteiger partial charge on any atom is -0.494 e. The molecule has 1 aliphatic rings. The van der Waals surface area contributed by atoms with Crippen molar-refractivity contribution < 1.29 is 13.9 Å². The Balaban J connectivity index is 1.68. The molecule has 1 aliphatic heterocycles. The van der Waals surface area contributed by atoms with Gasteiger partial charge in [-0.25, -0.2) is 4.39 Å². The highest BCUT2D eigenvalue weighted by Gasteiger charge is 2.15. The van der Waals surface area contributed by atoms with Gasteiger partial charge in [-0.05, 0) is 36.2 Å². The van der Waals surface area contributed by atoms with Crippen LogP contribution < -0.4 is 15.0 Å². The first-order chi connectivity index (χ1) is 12.2. The highest BCUT2D eigenvalue weighted by Crippen LogP contribution is 2.24. The molecule has 1 atom stereocenters. The largest absolute Gasteiger partial charge is 0.494 e. The number of nitrogens with zero attached hydrogens (tertiary/aromatic N) is 1. The smallest absolute Gasteiger partial charge is 0.165 e. The van der Waals surface area contributed by atoms with Gasteiger partial charge in [-0.15, -0.1) is 0 Å². The number of rotatable bonds is 6. The predicted octanol–water partition coefficient (Wildman–Crippen LogP) is 3.52. The summed E-state index contributed by atoms with van der Waals surface area (Å²) in [6.07, 6.45) is 0. The second-order valence-electron chi connectivity index (χ2n) is 6.22. The summed E-state index contributed by atoms with van der Waals surface area (Å²) in [5.41, 5.74) is 3.39. The number of hydrogen-bond acceptors (Lipinski definition) is 4. The summed E-state index contributed by atoms with van der Waals surface area (Å²) in [7, 11) is 1.47. The Morgan fingerprint density at radius 3 is 2.68 bits per heavy atom. The maximum Gasteiger partial charge on any atom is 0.165 e. The zero-order valence-electron chi connectivity index (χ0n) is 14.8. The Labute approximate surface area is 148 Å². The van der Waals surface area contributed by atoms with Gasteiger partial charge in [-0.3, -0.25) is 0 Å². The lowest BCUT2D eigenvalue weighted by Gasteiger charge is -2.31. The van der Waals surface area contributed by atoms with E-state index in [9.17, 15) is 4.39 Å². The molecule has 2 aromatic rings. The minimum absolute atomic E-state index is 0.0400. The second kappa shape index (κ2) is 8.32. The lowest BCUT2D eigenvalue weighted by molar-refractivity contribution is 0.122. The van der Waals surface area contributed by atoms with Crippen LogP contribution >= 0.6 is 0 Å². The molecule has 0 amide bonds. The van der Waals surface area contributed by atoms with Crippen molar-refractivity contribution in [2.24, 2.45) is 0 Å². The van der Waals surface area contributed by atoms with E-state index in [1.807, 2.05) is 13.0 Å². The minimum atomic E-state index is -0.331. The topological polar surface area (TPSA) is 33.7 Å². The number of morpholine rings is 1. The summed E-state index contributed by atoms with van der Waals surface area (Å²) in [6.45, 7) is 6.13. The summed E-state index contributed by atoms with van der Waals surface area (Å²) < 4.78 is 24.3. The molecule has 134 valence electrons. The molecular formula is C20H25FN2O2. The van der Waals surface area contributed by atoms with Gasteiger partial charge in [0.2, 0.25) is 0 Å². The third-order valence-corrected chi connectivity index (χ3v) is 4.62. The van der Waals surface area contributed by atoms with Crippen molar-refractivity contribution in [2.75, 3.05) is 38.3 Å². The van der Waals surface area contributed by atoms with Gasteiger partial charge in [0, 0.05) is 31.4 Å². The van der Waals surface area contributed by atoms with Crippen molar-refractivity contribution in [3.8, 4) is 5.75 Å². The van der Waals surface area contributed by atoms with Crippen molar-refractivity contribution in [3.05, 3.63) is 59.4 Å². The highest BCUT2D eigenvalue weighted by atomic mass is 19.1. The maximum atomic E-state index is 13.9. The molecule has 0 radical (unpaired) electrons. The fourth-order valence-electron chi connectivity index (χ4n) is 3.11. The Hall–Kier alpha value is -2.11. The number of para-hydroxylation sites is 1. The van der Waals surface area contributed by atoms with Crippen LogP contribution in [0.1, 0.15) is 24.1 Å². The molecular weight excluding hydrogens is 319 g/mol. The number of anilines is 1. The Kier molecular flexibility index (Phi) is 5.89. The van der Waals surface area contributed by atoms with Crippen molar-refractivity contribution in [3.63, 3.8) is 0 Å². The molecule has 0 unspecified atom stereocenters. The van der Waals surface area contributed by atoms with E-state index in [1.165, 1.54) is 24.4 Å². The van der Waals surface area contributed by atoms with Crippen molar-refractivity contribution in [1.29, 1.82) is 0 Å². The summed E-state index contributed by atoms with van der Waals surface area (Å²) in [5.74, 6) is -0.0593. The van der Waals surface area contributed by atoms with Gasteiger partial charge in [-0.2, -0.15) is 0 Å². The fourth-order valence-corrected chi connectivity index (χ4v) is 3.11. The quantitative estimate of drug-likeness (QED) is 0.869. The van der Waals surface area contributed by atoms with Gasteiger partial charge in [0.15, 0.2) is 11.6 Å². The first kappa shape index (κ1) is 17.7. The average Bonchev–Trinajstić information content (AvgIpc) is 2.67. The molecule has 2 aromatic carbocycles. The predicted molar refractivity (Wildman–Crippen MR) is 97.7 cm³/mol. The van der Waals surface area contributed by atoms with Gasteiger partial charge in [0.1, 0.15) is 0 Å². The van der Waals surface area contributed by atoms with Gasteiger partial charge in [-0.1, -0.05) is 24.3 Å². The average molecular weight is 344 g/mol. The van der Waals surface area contributed by atoms with E-state index in [0.29, 0.717) is 0 Å². The number of hydrogen-bond donors (Lipinski definition) is 1. The molecule has 4 nitrogen and oxygen atoms in total. The first-order valence-corrected chi connectivity index (χ1v) is 8.66. The van der Waals surface area contributed by atoms with Crippen molar-refractivity contribution in [2.45, 2.75) is 19.5 Å². The molecule has 3 rings (SSSR count). The number of ether oxygens (including phenoxy) is 2. The van der Waals surface area contributed by atoms with Crippen LogP contribution in [0.2, 0.25) is 0 Å². The molecule has 0 aromatic heterocycles. The zero-order chi connectivity index (χ0) is 17.6. The van der Waals surface area contributed by atoms with Gasteiger partial charge in [0.05, 0.1) is 20.3 Å². The van der Waals surface area contributed by atoms with Gasteiger partial charge in [0.25, 0.3) is 0 Å². The van der Waals surface area contributed by atoms with E-state index in [4.69, 9.17) is 9.47 Å². The summed E-state index contributed by atoms with van der Waals surface area (Å²) in [6, 6.07) is 13.6. The van der Waals surface area contributed by atoms with Crippen LogP contribution in [0.3, 0.4) is 0 Å². The van der Waals surface area contributed by atoms with Gasteiger partial charge >= 0.3 is 0 Å². The molecule has 1 N–H and O–H groups in total. The van der Waals surface area contributed by atoms with Crippen LogP contribution in [0.15, 0.2) is 42.5 Å². The first-order valence-electron chi connectivity index (χ1n) is 8.66. The summed E-state index contributed by atoms with van der Waals surface area (Å²) >= 11 is 0. The second-order valence-corrected chi connectivity index (χ2v) is 6.22. The number of benzene rings is 2. The van der Waals surface area contributed by atoms with Crippen LogP contribution in [0.4, 0.5) is 10.1 Å². The Morgan fingerprint density at radius 1 is 1.20 bits per heavy atom. The van der Waals surface area contributed by atoms with E-state index >= 15 is 0 Å². The normalized spacial score (nSPS) is 15.9. The van der Waals surface area contributed by atoms with Gasteiger partial charge < -0.3 is 19.7 Å². The monoisotopic (exact) mass is 344 g/mol. The lowest BCUT2D eigenvalue weighted by atomic mass is 10.1. The molecule has 1 heterocycles. The van der Waals surface area contributed by atoms with Crippen LogP contribution in [0.5, 0.6) is 5.75 Å². The van der Waals surface area contributed by atoms with Crippen LogP contribution in [-0.4, -0.2) is 33.4 Å². The third-order valence-electron chi connectivity index (χ3n) is 4.62. The van der Waals surface area contributed by atoms with E-state index < -0.39 is 0 Å². The Bertz CT molecular complexity index is 702. The third kappa shape index (κ3) is 4.30. The zero-order valence-corrected chi connectivity index (χ0v) is 14.8. The number of halogens is 1. The molecule has 25 heavy (non-hydrogen) atoms. The van der Waals surface area contributed by atoms with E-state index in [-0.39, 0.29) is 17.6 Å². The molecule has 0 aliphatic carbocycles. The fraction of sp³-hybridized carbons (Fsp3) is 0.400. The number of methoxy groups -OCH3 is 1. The number of nitrogens with one attached hydrogen (secondary N) is 1. The molecule has 1 saturated heterocycles. The SMILES string of the molecule is COc1ccc([C@@H](C)NCc2ccccc2N2CCOCC2)cc1F. The molecule has 0 spiro atoms. The van der Waals surface area contributed by atoms with Crippen LogP contribution in [-0.2, 0) is 11.3 Å². The van der Waals surface area contributed by atoms with Crippen molar-refractivity contribution in [1.82, 2.24) is 5.32 Å². The Morgan fingerprint density at radius 2 is 1.96 bits per heavy atom. The van der Waals surface area contributed by atoms with Crippen LogP contribution in [0, 0.1) is 5.82 Å². The molecule has 0 saturated carbocycles. The van der Waals surface area contributed by atoms with E-state index in [2.05, 4.69) is 34.5 Å². The van der Waals surface area contributed by atoms with Crippen LogP contribution in [0.25, 0.3) is 0 Å². The van der Waals surface area contributed by atoms with E-state index in [1.54, 1.807) is 6.07 Å². The molecule has 0 bridgehead atoms. The standard InChI is InChI=1S/C20H25FN2O2/c1-15(16-7-8-20(24-2)18(21)13-16)22-14-17-5-3-4-6-19(17)23-9-11-25-12-10-23/h3-8,13,15,22H,9-12,14H2,1-2H3/t15-/m1/s1. The van der Waals surface area contributed by atoms with Crippen molar-refractivity contribution >= 4 is 5.69 Å². The molecule has 5 heteroatoms. The highest BCUT2D eigenvalue weighted by molar-refractivity contribution is 5.54. The lowest BCUT2D eigenvalue weighted by Crippen LogP contribution is -2.37. The summed E-state index contributed by atoms with van der Waals surface area (Å²) in [4.78, 5) is 2.36.